The van der Waals surface area contributed by atoms with E-state index in [2.05, 4.69) is 127 Å². The molecule has 0 fully saturated rings. The Morgan fingerprint density at radius 3 is 1.23 bits per heavy atom. The number of nitrogens with zero attached hydrogens (tertiary/aromatic N) is 4. The molecular weight excluding hydrogens is 536 g/mol. The second-order valence-electron chi connectivity index (χ2n) is 11.6. The second kappa shape index (κ2) is 10.7. The van der Waals surface area contributed by atoms with Crippen LogP contribution in [0.25, 0.3) is 59.8 Å². The van der Waals surface area contributed by atoms with Crippen LogP contribution in [-0.2, 0) is 25.7 Å². The van der Waals surface area contributed by atoms with E-state index in [0.29, 0.717) is 11.3 Å². The van der Waals surface area contributed by atoms with E-state index in [1.165, 1.54) is 43.8 Å². The zero-order chi connectivity index (χ0) is 30.5. The SMILES string of the molecule is [C-]#[N+]c1cc(C#N)c(-n2c3ccc(CC)cc3c3cc(CC)ccc32)cc1-n1c2ccc(CC)cc2c2cc(CC)ccc21. The molecule has 0 bridgehead atoms. The van der Waals surface area contributed by atoms with Crippen molar-refractivity contribution in [2.75, 3.05) is 0 Å². The van der Waals surface area contributed by atoms with Crippen molar-refractivity contribution in [2.45, 2.75) is 53.4 Å². The van der Waals surface area contributed by atoms with Gasteiger partial charge in [-0.25, -0.2) is 4.85 Å². The Hall–Kier alpha value is -5.32. The van der Waals surface area contributed by atoms with Gasteiger partial charge in [0.1, 0.15) is 0 Å². The summed E-state index contributed by atoms with van der Waals surface area (Å²) in [6.45, 7) is 16.9. The van der Waals surface area contributed by atoms with Gasteiger partial charge in [-0.05, 0) is 109 Å². The van der Waals surface area contributed by atoms with E-state index < -0.39 is 0 Å². The fourth-order valence-electron chi connectivity index (χ4n) is 6.74. The summed E-state index contributed by atoms with van der Waals surface area (Å²) in [7, 11) is 0. The van der Waals surface area contributed by atoms with Crippen LogP contribution in [0.3, 0.4) is 0 Å². The normalized spacial score (nSPS) is 11.5. The molecule has 0 spiro atoms. The van der Waals surface area contributed by atoms with Crippen molar-refractivity contribution in [1.82, 2.24) is 9.13 Å². The molecule has 2 aromatic heterocycles. The molecule has 4 heteroatoms. The molecule has 0 N–H and O–H groups in total. The van der Waals surface area contributed by atoms with Crippen molar-refractivity contribution in [3.63, 3.8) is 0 Å². The first kappa shape index (κ1) is 27.5. The maximum absolute atomic E-state index is 10.5. The molecule has 5 aromatic carbocycles. The molecule has 4 nitrogen and oxygen atoms in total. The summed E-state index contributed by atoms with van der Waals surface area (Å²) in [5.74, 6) is 0. The van der Waals surface area contributed by atoms with Gasteiger partial charge in [0.2, 0.25) is 5.69 Å². The van der Waals surface area contributed by atoms with E-state index in [0.717, 1.165) is 59.1 Å². The van der Waals surface area contributed by atoms with Crippen LogP contribution in [0.5, 0.6) is 0 Å². The van der Waals surface area contributed by atoms with Gasteiger partial charge in [0.15, 0.2) is 0 Å². The zero-order valence-electron chi connectivity index (χ0n) is 25.7. The van der Waals surface area contributed by atoms with Crippen LogP contribution in [0.15, 0.2) is 84.9 Å². The van der Waals surface area contributed by atoms with Crippen LogP contribution in [-0.4, -0.2) is 9.13 Å². The fraction of sp³-hybridized carbons (Fsp3) is 0.200. The third-order valence-corrected chi connectivity index (χ3v) is 9.24. The predicted molar refractivity (Wildman–Crippen MR) is 184 cm³/mol. The maximum Gasteiger partial charge on any atom is 0.212 e. The molecule has 0 saturated heterocycles. The summed E-state index contributed by atoms with van der Waals surface area (Å²) in [6, 6.07) is 32.9. The Morgan fingerprint density at radius 2 is 0.909 bits per heavy atom. The van der Waals surface area contributed by atoms with Gasteiger partial charge in [-0.1, -0.05) is 52.0 Å². The van der Waals surface area contributed by atoms with Gasteiger partial charge >= 0.3 is 0 Å². The first-order valence-corrected chi connectivity index (χ1v) is 15.6. The van der Waals surface area contributed by atoms with E-state index in [-0.39, 0.29) is 0 Å². The summed E-state index contributed by atoms with van der Waals surface area (Å²) in [4.78, 5) is 3.98. The highest BCUT2D eigenvalue weighted by Gasteiger charge is 2.21. The molecule has 214 valence electrons. The van der Waals surface area contributed by atoms with Crippen molar-refractivity contribution < 1.29 is 0 Å². The second-order valence-corrected chi connectivity index (χ2v) is 11.6. The third-order valence-electron chi connectivity index (χ3n) is 9.24. The van der Waals surface area contributed by atoms with Crippen molar-refractivity contribution in [1.29, 1.82) is 5.26 Å². The molecular formula is C40H34N4. The van der Waals surface area contributed by atoms with Gasteiger partial charge in [-0.3, -0.25) is 0 Å². The van der Waals surface area contributed by atoms with Gasteiger partial charge < -0.3 is 9.13 Å². The van der Waals surface area contributed by atoms with Crippen molar-refractivity contribution in [3.05, 3.63) is 124 Å². The topological polar surface area (TPSA) is 38.0 Å². The molecule has 7 aromatic rings. The Labute approximate surface area is 258 Å². The van der Waals surface area contributed by atoms with Crippen LogP contribution in [0.2, 0.25) is 0 Å². The smallest absolute Gasteiger partial charge is 0.212 e. The van der Waals surface area contributed by atoms with Crippen LogP contribution in [0.1, 0.15) is 55.5 Å². The summed E-state index contributed by atoms with van der Waals surface area (Å²) in [5, 5.41) is 15.2. The van der Waals surface area contributed by atoms with Gasteiger partial charge in [-0.15, -0.1) is 0 Å². The largest absolute Gasteiger partial charge is 0.319 e. The van der Waals surface area contributed by atoms with Crippen LogP contribution >= 0.6 is 0 Å². The number of benzene rings is 5. The van der Waals surface area contributed by atoms with E-state index >= 15 is 0 Å². The van der Waals surface area contributed by atoms with E-state index in [1.54, 1.807) is 6.07 Å². The highest BCUT2D eigenvalue weighted by atomic mass is 15.0. The summed E-state index contributed by atoms with van der Waals surface area (Å²) < 4.78 is 4.44. The number of aromatic nitrogens is 2. The van der Waals surface area contributed by atoms with Gasteiger partial charge in [0.25, 0.3) is 0 Å². The minimum atomic E-state index is 0.463. The quantitative estimate of drug-likeness (QED) is 0.183. The van der Waals surface area contributed by atoms with Crippen molar-refractivity contribution >= 4 is 49.3 Å². The number of fused-ring (bicyclic) bond motifs is 6. The minimum absolute atomic E-state index is 0.463. The molecule has 2 heterocycles. The standard InChI is InChI=1S/C40H34N4/c1-6-25-10-14-35-30(18-25)31-19-26(7-2)11-15-36(31)43(35)39-23-40(34(42-5)22-29(39)24-41)44-37-16-12-27(8-3)20-32(37)33-21-28(9-4)13-17-38(33)44/h10-23H,6-9H2,1-4H3. The average Bonchev–Trinajstić information content (AvgIpc) is 3.58. The molecule has 0 radical (unpaired) electrons. The lowest BCUT2D eigenvalue weighted by Gasteiger charge is -2.16. The van der Waals surface area contributed by atoms with Crippen LogP contribution in [0.4, 0.5) is 5.69 Å². The maximum atomic E-state index is 10.5. The summed E-state index contributed by atoms with van der Waals surface area (Å²) in [6.07, 6.45) is 3.82. The summed E-state index contributed by atoms with van der Waals surface area (Å²) in [5.41, 5.74) is 11.9. The highest BCUT2D eigenvalue weighted by Crippen LogP contribution is 2.41. The third kappa shape index (κ3) is 4.10. The van der Waals surface area contributed by atoms with E-state index in [1.807, 2.05) is 0 Å². The molecule has 0 saturated carbocycles. The number of hydrogen-bond acceptors (Lipinski definition) is 1. The lowest BCUT2D eigenvalue weighted by atomic mass is 10.1. The lowest BCUT2D eigenvalue weighted by Crippen LogP contribution is -2.02. The minimum Gasteiger partial charge on any atom is -0.319 e. The van der Waals surface area contributed by atoms with Crippen molar-refractivity contribution in [3.8, 4) is 17.4 Å². The van der Waals surface area contributed by atoms with Crippen molar-refractivity contribution in [2.24, 2.45) is 0 Å². The zero-order valence-corrected chi connectivity index (χ0v) is 25.7. The molecule has 0 aliphatic carbocycles. The molecule has 0 amide bonds. The monoisotopic (exact) mass is 570 g/mol. The Balaban J connectivity index is 1.61. The van der Waals surface area contributed by atoms with Crippen LogP contribution < -0.4 is 0 Å². The number of rotatable bonds is 6. The lowest BCUT2D eigenvalue weighted by molar-refractivity contribution is 1.11. The fourth-order valence-corrected chi connectivity index (χ4v) is 6.74. The van der Waals surface area contributed by atoms with E-state index in [4.69, 9.17) is 6.57 Å². The first-order valence-electron chi connectivity index (χ1n) is 15.6. The molecule has 0 unspecified atom stereocenters. The molecule has 7 rings (SSSR count). The molecule has 0 aliphatic rings. The Morgan fingerprint density at radius 1 is 0.545 bits per heavy atom. The number of hydrogen-bond donors (Lipinski definition) is 0. The molecule has 44 heavy (non-hydrogen) atoms. The highest BCUT2D eigenvalue weighted by molar-refractivity contribution is 6.11. The van der Waals surface area contributed by atoms with E-state index in [9.17, 15) is 5.26 Å². The first-order chi connectivity index (χ1) is 21.5. The number of nitriles is 1. The Kier molecular flexibility index (Phi) is 6.72. The predicted octanol–water partition coefficient (Wildman–Crippen LogP) is 10.6. The average molecular weight is 571 g/mol. The Bertz CT molecular complexity index is 2070. The van der Waals surface area contributed by atoms with Gasteiger partial charge in [-0.2, -0.15) is 5.26 Å². The molecule has 0 atom stereocenters. The van der Waals surface area contributed by atoms with Gasteiger partial charge in [0.05, 0.1) is 51.6 Å². The number of aryl methyl sites for hydroxylation is 4. The summed E-state index contributed by atoms with van der Waals surface area (Å²) >= 11 is 0. The molecule has 0 aliphatic heterocycles. The van der Waals surface area contributed by atoms with Gasteiger partial charge in [0, 0.05) is 21.5 Å². The van der Waals surface area contributed by atoms with Crippen LogP contribution in [0, 0.1) is 17.9 Å².